The van der Waals surface area contributed by atoms with Crippen LogP contribution >= 0.6 is 11.3 Å². The van der Waals surface area contributed by atoms with Gasteiger partial charge in [0.1, 0.15) is 6.61 Å². The van der Waals surface area contributed by atoms with E-state index in [1.165, 1.54) is 29.7 Å². The number of rotatable bonds is 6. The molecule has 0 aliphatic carbocycles. The van der Waals surface area contributed by atoms with E-state index in [4.69, 9.17) is 9.15 Å². The fourth-order valence-electron chi connectivity index (χ4n) is 1.85. The van der Waals surface area contributed by atoms with Gasteiger partial charge >= 0.3 is 12.1 Å². The lowest BCUT2D eigenvalue weighted by Gasteiger charge is -2.08. The van der Waals surface area contributed by atoms with Gasteiger partial charge in [0, 0.05) is 17.6 Å². The number of esters is 1. The number of ether oxygens (including phenoxy) is 2. The summed E-state index contributed by atoms with van der Waals surface area (Å²) in [5.41, 5.74) is 0.638. The summed E-state index contributed by atoms with van der Waals surface area (Å²) in [6.45, 7) is -1.51. The van der Waals surface area contributed by atoms with Gasteiger partial charge in [0.05, 0.1) is 17.5 Å². The van der Waals surface area contributed by atoms with Crippen LogP contribution in [-0.2, 0) is 11.3 Å². The second-order valence-electron chi connectivity index (χ2n) is 4.99. The molecule has 0 bridgehead atoms. The molecule has 3 heterocycles. The van der Waals surface area contributed by atoms with E-state index in [1.807, 2.05) is 0 Å². The molecular formula is C16H11F3N2O4S. The number of carbonyl (C=O) groups excluding carboxylic acids is 1. The SMILES string of the molecule is O=C(OCc1csc(-c2ccco2)n1)c1ccc(OCC(F)(F)F)nc1. The summed E-state index contributed by atoms with van der Waals surface area (Å²) in [5, 5.41) is 2.39. The maximum atomic E-state index is 12.1. The molecule has 0 amide bonds. The number of nitrogens with zero attached hydrogens (tertiary/aromatic N) is 2. The first-order valence-electron chi connectivity index (χ1n) is 7.22. The Morgan fingerprint density at radius 2 is 2.12 bits per heavy atom. The van der Waals surface area contributed by atoms with Crippen LogP contribution in [-0.4, -0.2) is 28.7 Å². The Kier molecular flexibility index (Phi) is 5.21. The molecule has 0 spiro atoms. The molecule has 0 saturated heterocycles. The van der Waals surface area contributed by atoms with Crippen molar-refractivity contribution in [1.29, 1.82) is 0 Å². The summed E-state index contributed by atoms with van der Waals surface area (Å²) in [7, 11) is 0. The Labute approximate surface area is 149 Å². The molecule has 0 N–H and O–H groups in total. The van der Waals surface area contributed by atoms with Crippen molar-refractivity contribution in [1.82, 2.24) is 9.97 Å². The van der Waals surface area contributed by atoms with Gasteiger partial charge < -0.3 is 13.9 Å². The number of halogens is 3. The van der Waals surface area contributed by atoms with E-state index in [-0.39, 0.29) is 18.1 Å². The molecule has 136 valence electrons. The first-order chi connectivity index (χ1) is 12.4. The quantitative estimate of drug-likeness (QED) is 0.596. The number of aromatic nitrogens is 2. The van der Waals surface area contributed by atoms with Gasteiger partial charge in [-0.1, -0.05) is 0 Å². The van der Waals surface area contributed by atoms with E-state index in [9.17, 15) is 18.0 Å². The van der Waals surface area contributed by atoms with E-state index < -0.39 is 18.8 Å². The summed E-state index contributed by atoms with van der Waals surface area (Å²) in [6, 6.07) is 5.95. The largest absolute Gasteiger partial charge is 0.468 e. The van der Waals surface area contributed by atoms with E-state index in [0.29, 0.717) is 16.5 Å². The molecule has 26 heavy (non-hydrogen) atoms. The molecule has 0 unspecified atom stereocenters. The van der Waals surface area contributed by atoms with E-state index in [1.54, 1.807) is 17.5 Å². The summed E-state index contributed by atoms with van der Waals surface area (Å²) >= 11 is 1.35. The fourth-order valence-corrected chi connectivity index (χ4v) is 2.62. The average Bonchev–Trinajstić information content (AvgIpc) is 3.29. The highest BCUT2D eigenvalue weighted by Gasteiger charge is 2.28. The summed E-state index contributed by atoms with van der Waals surface area (Å²) in [4.78, 5) is 19.9. The Morgan fingerprint density at radius 3 is 2.77 bits per heavy atom. The summed E-state index contributed by atoms with van der Waals surface area (Å²) in [5.74, 6) is -0.292. The van der Waals surface area contributed by atoms with Gasteiger partial charge in [-0.15, -0.1) is 11.3 Å². The second-order valence-corrected chi connectivity index (χ2v) is 5.84. The van der Waals surface area contributed by atoms with Crippen LogP contribution in [0, 0.1) is 0 Å². The van der Waals surface area contributed by atoms with E-state index in [2.05, 4.69) is 14.7 Å². The minimum absolute atomic E-state index is 0.0532. The first kappa shape index (κ1) is 17.9. The zero-order chi connectivity index (χ0) is 18.6. The Morgan fingerprint density at radius 1 is 1.27 bits per heavy atom. The van der Waals surface area contributed by atoms with Crippen LogP contribution in [0.3, 0.4) is 0 Å². The number of furan rings is 1. The lowest BCUT2D eigenvalue weighted by atomic mass is 10.3. The van der Waals surface area contributed by atoms with Crippen LogP contribution in [0.15, 0.2) is 46.5 Å². The predicted molar refractivity (Wildman–Crippen MR) is 84.7 cm³/mol. The standard InChI is InChI=1S/C16H11F3N2O4S/c17-16(18,19)9-25-13-4-3-10(6-20-13)15(22)24-7-11-8-26-14(21-11)12-2-1-5-23-12/h1-6,8H,7,9H2. The Balaban J connectivity index is 1.53. The van der Waals surface area contributed by atoms with Crippen molar-refractivity contribution in [3.8, 4) is 16.6 Å². The smallest absolute Gasteiger partial charge is 0.422 e. The molecule has 0 aliphatic heterocycles. The van der Waals surface area contributed by atoms with Crippen molar-refractivity contribution in [2.75, 3.05) is 6.61 Å². The molecule has 0 radical (unpaired) electrons. The van der Waals surface area contributed by atoms with Gasteiger partial charge in [-0.3, -0.25) is 0 Å². The number of thiazole rings is 1. The number of pyridine rings is 1. The van der Waals surface area contributed by atoms with Crippen molar-refractivity contribution in [3.63, 3.8) is 0 Å². The van der Waals surface area contributed by atoms with Crippen molar-refractivity contribution in [2.45, 2.75) is 12.8 Å². The van der Waals surface area contributed by atoms with E-state index >= 15 is 0 Å². The van der Waals surface area contributed by atoms with Crippen LogP contribution in [0.1, 0.15) is 16.1 Å². The Bertz CT molecular complexity index is 861. The van der Waals surface area contributed by atoms with Crippen LogP contribution in [0.5, 0.6) is 5.88 Å². The maximum Gasteiger partial charge on any atom is 0.422 e. The maximum absolute atomic E-state index is 12.1. The normalized spacial score (nSPS) is 11.3. The molecule has 0 fully saturated rings. The first-order valence-corrected chi connectivity index (χ1v) is 8.10. The molecular weight excluding hydrogens is 373 g/mol. The molecule has 3 aromatic heterocycles. The van der Waals surface area contributed by atoms with Gasteiger partial charge in [0.15, 0.2) is 17.4 Å². The van der Waals surface area contributed by atoms with Crippen LogP contribution in [0.25, 0.3) is 10.8 Å². The third-order valence-corrected chi connectivity index (χ3v) is 3.90. The van der Waals surface area contributed by atoms with Crippen molar-refractivity contribution in [2.24, 2.45) is 0 Å². The molecule has 0 aliphatic rings. The van der Waals surface area contributed by atoms with Gasteiger partial charge in [0.2, 0.25) is 5.88 Å². The number of hydrogen-bond donors (Lipinski definition) is 0. The van der Waals surface area contributed by atoms with Crippen LogP contribution in [0.2, 0.25) is 0 Å². The highest BCUT2D eigenvalue weighted by molar-refractivity contribution is 7.13. The van der Waals surface area contributed by atoms with Gasteiger partial charge in [-0.2, -0.15) is 13.2 Å². The van der Waals surface area contributed by atoms with Crippen molar-refractivity contribution >= 4 is 17.3 Å². The third kappa shape index (κ3) is 4.82. The molecule has 10 heteroatoms. The minimum atomic E-state index is -4.46. The molecule has 6 nitrogen and oxygen atoms in total. The molecule has 3 aromatic rings. The third-order valence-electron chi connectivity index (χ3n) is 2.99. The zero-order valence-electron chi connectivity index (χ0n) is 13.0. The van der Waals surface area contributed by atoms with Crippen LogP contribution < -0.4 is 4.74 Å². The van der Waals surface area contributed by atoms with Crippen molar-refractivity contribution in [3.05, 3.63) is 53.4 Å². The number of hydrogen-bond acceptors (Lipinski definition) is 7. The number of alkyl halides is 3. The Hall–Kier alpha value is -2.88. The highest BCUT2D eigenvalue weighted by Crippen LogP contribution is 2.24. The monoisotopic (exact) mass is 384 g/mol. The molecule has 0 saturated carbocycles. The lowest BCUT2D eigenvalue weighted by Crippen LogP contribution is -2.19. The van der Waals surface area contributed by atoms with Crippen molar-refractivity contribution < 1.29 is 31.9 Å². The highest BCUT2D eigenvalue weighted by atomic mass is 32.1. The summed E-state index contributed by atoms with van der Waals surface area (Å²) < 4.78 is 51.0. The molecule has 0 atom stereocenters. The predicted octanol–water partition coefficient (Wildman–Crippen LogP) is 4.10. The molecule has 0 aromatic carbocycles. The molecule has 3 rings (SSSR count). The number of carbonyl (C=O) groups is 1. The summed E-state index contributed by atoms with van der Waals surface area (Å²) in [6.07, 6.45) is -1.84. The van der Waals surface area contributed by atoms with Gasteiger partial charge in [-0.25, -0.2) is 14.8 Å². The van der Waals surface area contributed by atoms with Gasteiger partial charge in [-0.05, 0) is 18.2 Å². The fraction of sp³-hybridized carbons (Fsp3) is 0.188. The van der Waals surface area contributed by atoms with Crippen LogP contribution in [0.4, 0.5) is 13.2 Å². The average molecular weight is 384 g/mol. The second kappa shape index (κ2) is 7.56. The topological polar surface area (TPSA) is 74.5 Å². The minimum Gasteiger partial charge on any atom is -0.468 e. The zero-order valence-corrected chi connectivity index (χ0v) is 13.8. The lowest BCUT2D eigenvalue weighted by molar-refractivity contribution is -0.154. The van der Waals surface area contributed by atoms with Gasteiger partial charge in [0.25, 0.3) is 0 Å². The van der Waals surface area contributed by atoms with E-state index in [0.717, 1.165) is 6.20 Å².